The Kier molecular flexibility index (Phi) is 5.00. The molecule has 0 heterocycles. The second-order valence-corrected chi connectivity index (χ2v) is 3.84. The van der Waals surface area contributed by atoms with E-state index in [1.54, 1.807) is 18.2 Å². The van der Waals surface area contributed by atoms with E-state index >= 15 is 0 Å². The van der Waals surface area contributed by atoms with Gasteiger partial charge in [0.2, 0.25) is 0 Å². The van der Waals surface area contributed by atoms with Crippen molar-refractivity contribution in [1.29, 1.82) is 0 Å². The van der Waals surface area contributed by atoms with E-state index in [-0.39, 0.29) is 6.61 Å². The summed E-state index contributed by atoms with van der Waals surface area (Å²) >= 11 is 11.5. The molecule has 0 atom stereocenters. The maximum absolute atomic E-state index is 11.0. The van der Waals surface area contributed by atoms with Crippen molar-refractivity contribution in [2.75, 3.05) is 0 Å². The minimum Gasteiger partial charge on any atom is -0.478 e. The molecule has 1 aromatic rings. The monoisotopic (exact) mass is 274 g/mol. The van der Waals surface area contributed by atoms with Crippen LogP contribution in [0, 0.1) is 0 Å². The van der Waals surface area contributed by atoms with Gasteiger partial charge in [0, 0.05) is 12.2 Å². The van der Waals surface area contributed by atoms with Crippen LogP contribution in [0.2, 0.25) is 10.0 Å². The third-order valence-corrected chi connectivity index (χ3v) is 2.47. The Balaban J connectivity index is 2.53. The lowest BCUT2D eigenvalue weighted by Crippen LogP contribution is -2.02. The van der Waals surface area contributed by atoms with Gasteiger partial charge < -0.3 is 9.84 Å². The summed E-state index contributed by atoms with van der Waals surface area (Å²) in [5.41, 5.74) is 0.663. The summed E-state index contributed by atoms with van der Waals surface area (Å²) < 4.78 is 4.78. The van der Waals surface area contributed by atoms with Gasteiger partial charge in [-0.2, -0.15) is 0 Å². The minimum atomic E-state index is -1.21. The molecule has 0 fully saturated rings. The Morgan fingerprint density at radius 2 is 1.94 bits per heavy atom. The lowest BCUT2D eigenvalue weighted by molar-refractivity contribution is -0.139. The minimum absolute atomic E-state index is 0.000316. The fraction of sp³-hybridized carbons (Fsp3) is 0.0909. The van der Waals surface area contributed by atoms with Crippen molar-refractivity contribution in [3.63, 3.8) is 0 Å². The van der Waals surface area contributed by atoms with Crippen LogP contribution in [-0.4, -0.2) is 17.0 Å². The smallest absolute Gasteiger partial charge is 0.331 e. The molecule has 0 radical (unpaired) electrons. The first-order valence-electron chi connectivity index (χ1n) is 4.50. The number of benzene rings is 1. The number of ether oxygens (including phenoxy) is 1. The number of carboxylic acid groups (broad SMARTS) is 1. The van der Waals surface area contributed by atoms with Crippen LogP contribution in [0.1, 0.15) is 5.56 Å². The van der Waals surface area contributed by atoms with Crippen LogP contribution in [0.15, 0.2) is 30.4 Å². The molecule has 1 N–H and O–H groups in total. The molecule has 0 unspecified atom stereocenters. The van der Waals surface area contributed by atoms with E-state index in [0.29, 0.717) is 21.7 Å². The van der Waals surface area contributed by atoms with Crippen molar-refractivity contribution in [3.8, 4) is 0 Å². The molecule has 0 saturated carbocycles. The topological polar surface area (TPSA) is 63.6 Å². The third kappa shape index (κ3) is 4.89. The summed E-state index contributed by atoms with van der Waals surface area (Å²) in [5, 5.41) is 9.06. The lowest BCUT2D eigenvalue weighted by Gasteiger charge is -2.03. The molecule has 0 aliphatic rings. The normalized spacial score (nSPS) is 10.5. The van der Waals surface area contributed by atoms with E-state index in [1.807, 2.05) is 0 Å². The summed E-state index contributed by atoms with van der Waals surface area (Å²) in [4.78, 5) is 21.2. The third-order valence-electron chi connectivity index (χ3n) is 1.73. The van der Waals surface area contributed by atoms with Crippen LogP contribution < -0.4 is 0 Å². The van der Waals surface area contributed by atoms with Crippen molar-refractivity contribution >= 4 is 35.1 Å². The zero-order valence-corrected chi connectivity index (χ0v) is 10.0. The summed E-state index contributed by atoms with van der Waals surface area (Å²) in [7, 11) is 0. The van der Waals surface area contributed by atoms with Crippen LogP contribution in [0.5, 0.6) is 0 Å². The molecule has 0 aliphatic carbocycles. The van der Waals surface area contributed by atoms with E-state index in [4.69, 9.17) is 33.0 Å². The second kappa shape index (κ2) is 6.27. The molecule has 17 heavy (non-hydrogen) atoms. The van der Waals surface area contributed by atoms with E-state index < -0.39 is 11.9 Å². The number of carbonyl (C=O) groups excluding carboxylic acids is 1. The molecule has 0 aromatic heterocycles. The molecule has 90 valence electrons. The highest BCUT2D eigenvalue weighted by atomic mass is 35.5. The average molecular weight is 275 g/mol. The van der Waals surface area contributed by atoms with Gasteiger partial charge >= 0.3 is 11.9 Å². The molecule has 6 heteroatoms. The van der Waals surface area contributed by atoms with Gasteiger partial charge in [0.15, 0.2) is 0 Å². The van der Waals surface area contributed by atoms with Crippen molar-refractivity contribution in [2.45, 2.75) is 6.61 Å². The number of halogens is 2. The molecule has 4 nitrogen and oxygen atoms in total. The van der Waals surface area contributed by atoms with Crippen molar-refractivity contribution in [2.24, 2.45) is 0 Å². The standard InChI is InChI=1S/C11H8Cl2O4/c12-8-2-1-7(5-9(8)13)6-17-11(16)4-3-10(14)15/h1-5H,6H2,(H,14,15). The number of carboxylic acids is 1. The first-order chi connectivity index (χ1) is 7.99. The van der Waals surface area contributed by atoms with Crippen LogP contribution in [0.25, 0.3) is 0 Å². The Morgan fingerprint density at radius 3 is 2.53 bits per heavy atom. The maximum Gasteiger partial charge on any atom is 0.331 e. The average Bonchev–Trinajstić information content (AvgIpc) is 2.28. The van der Waals surface area contributed by atoms with Crippen molar-refractivity contribution in [1.82, 2.24) is 0 Å². The largest absolute Gasteiger partial charge is 0.478 e. The summed E-state index contributed by atoms with van der Waals surface area (Å²) in [6.45, 7) is -0.000316. The van der Waals surface area contributed by atoms with Gasteiger partial charge in [-0.05, 0) is 17.7 Å². The number of rotatable bonds is 4. The van der Waals surface area contributed by atoms with E-state index in [9.17, 15) is 9.59 Å². The highest BCUT2D eigenvalue weighted by Gasteiger charge is 2.02. The molecular weight excluding hydrogens is 267 g/mol. The maximum atomic E-state index is 11.0. The van der Waals surface area contributed by atoms with Crippen LogP contribution in [0.4, 0.5) is 0 Å². The van der Waals surface area contributed by atoms with Crippen LogP contribution in [-0.2, 0) is 20.9 Å². The van der Waals surface area contributed by atoms with Crippen molar-refractivity contribution < 1.29 is 19.4 Å². The second-order valence-electron chi connectivity index (χ2n) is 3.03. The van der Waals surface area contributed by atoms with E-state index in [2.05, 4.69) is 0 Å². The summed E-state index contributed by atoms with van der Waals surface area (Å²) in [5.74, 6) is -1.95. The molecular formula is C11H8Cl2O4. The predicted octanol–water partition coefficient (Wildman–Crippen LogP) is 2.68. The number of esters is 1. The SMILES string of the molecule is O=C(O)C=CC(=O)OCc1ccc(Cl)c(Cl)c1. The van der Waals surface area contributed by atoms with Gasteiger partial charge in [0.25, 0.3) is 0 Å². The van der Waals surface area contributed by atoms with Crippen LogP contribution in [0.3, 0.4) is 0 Å². The predicted molar refractivity (Wildman–Crippen MR) is 63.0 cm³/mol. The fourth-order valence-electron chi connectivity index (χ4n) is 0.971. The number of hydrogen-bond donors (Lipinski definition) is 1. The molecule has 0 bridgehead atoms. The highest BCUT2D eigenvalue weighted by Crippen LogP contribution is 2.22. The van der Waals surface area contributed by atoms with Gasteiger partial charge in [-0.25, -0.2) is 9.59 Å². The molecule has 0 spiro atoms. The fourth-order valence-corrected chi connectivity index (χ4v) is 1.29. The van der Waals surface area contributed by atoms with E-state index in [1.165, 1.54) is 0 Å². The number of aliphatic carboxylic acids is 1. The number of hydrogen-bond acceptors (Lipinski definition) is 3. The number of carbonyl (C=O) groups is 2. The first kappa shape index (κ1) is 13.5. The first-order valence-corrected chi connectivity index (χ1v) is 5.26. The zero-order valence-electron chi connectivity index (χ0n) is 8.52. The molecule has 0 aliphatic heterocycles. The van der Waals surface area contributed by atoms with Crippen molar-refractivity contribution in [3.05, 3.63) is 46.0 Å². The highest BCUT2D eigenvalue weighted by molar-refractivity contribution is 6.42. The van der Waals surface area contributed by atoms with Gasteiger partial charge in [-0.3, -0.25) is 0 Å². The molecule has 0 saturated heterocycles. The lowest BCUT2D eigenvalue weighted by atomic mass is 10.2. The van der Waals surface area contributed by atoms with E-state index in [0.717, 1.165) is 6.08 Å². The zero-order chi connectivity index (χ0) is 12.8. The van der Waals surface area contributed by atoms with Gasteiger partial charge in [-0.1, -0.05) is 29.3 Å². The Labute approximate surface area is 107 Å². The molecule has 1 rings (SSSR count). The summed E-state index contributed by atoms with van der Waals surface area (Å²) in [6.07, 6.45) is 1.54. The summed E-state index contributed by atoms with van der Waals surface area (Å²) in [6, 6.07) is 4.81. The Bertz CT molecular complexity index is 469. The van der Waals surface area contributed by atoms with Gasteiger partial charge in [-0.15, -0.1) is 0 Å². The molecule has 0 amide bonds. The molecule has 1 aromatic carbocycles. The quantitative estimate of drug-likeness (QED) is 0.677. The Morgan fingerprint density at radius 1 is 1.24 bits per heavy atom. The van der Waals surface area contributed by atoms with Crippen LogP contribution >= 0.6 is 23.2 Å². The van der Waals surface area contributed by atoms with Gasteiger partial charge in [0.05, 0.1) is 10.0 Å². The van der Waals surface area contributed by atoms with Gasteiger partial charge in [0.1, 0.15) is 6.61 Å². The Hall–Kier alpha value is -1.52.